The van der Waals surface area contributed by atoms with Gasteiger partial charge in [-0.2, -0.15) is 0 Å². The molecule has 1 aliphatic rings. The highest BCUT2D eigenvalue weighted by molar-refractivity contribution is 6.76. The molecule has 1 fully saturated rings. The molecule has 1 aliphatic heterocycles. The van der Waals surface area contributed by atoms with Crippen LogP contribution < -0.4 is 10.6 Å². The van der Waals surface area contributed by atoms with Crippen LogP contribution in [0.4, 0.5) is 0 Å². The lowest BCUT2D eigenvalue weighted by molar-refractivity contribution is -0.133. The van der Waals surface area contributed by atoms with Gasteiger partial charge in [0.15, 0.2) is 0 Å². The van der Waals surface area contributed by atoms with Crippen LogP contribution in [0.1, 0.15) is 33.1 Å². The van der Waals surface area contributed by atoms with Gasteiger partial charge in [-0.15, -0.1) is 0 Å². The van der Waals surface area contributed by atoms with E-state index < -0.39 is 8.07 Å². The maximum Gasteiger partial charge on any atom is 0.239 e. The van der Waals surface area contributed by atoms with Gasteiger partial charge in [0.25, 0.3) is 0 Å². The molecule has 1 atom stereocenters. The van der Waals surface area contributed by atoms with Gasteiger partial charge in [-0.05, 0) is 44.4 Å². The fourth-order valence-electron chi connectivity index (χ4n) is 3.71. The summed E-state index contributed by atoms with van der Waals surface area (Å²) in [5.74, 6) is 1.41. The molecule has 27 heavy (non-hydrogen) atoms. The third kappa shape index (κ3) is 10.9. The highest BCUT2D eigenvalue weighted by Crippen LogP contribution is 2.17. The molecule has 0 aliphatic carbocycles. The number of nitrogens with zero attached hydrogens (tertiary/aromatic N) is 2. The molecule has 2 N–H and O–H groups in total. The van der Waals surface area contributed by atoms with E-state index in [1.165, 1.54) is 6.17 Å². The van der Waals surface area contributed by atoms with Crippen molar-refractivity contribution in [2.24, 2.45) is 11.8 Å². The van der Waals surface area contributed by atoms with Crippen molar-refractivity contribution in [2.75, 3.05) is 52.5 Å². The monoisotopic (exact) mass is 398 g/mol. The number of carbonyl (C=O) groups is 2. The van der Waals surface area contributed by atoms with Crippen LogP contribution in [0.2, 0.25) is 19.6 Å². The van der Waals surface area contributed by atoms with Crippen LogP contribution >= 0.6 is 0 Å². The van der Waals surface area contributed by atoms with Crippen molar-refractivity contribution in [3.05, 3.63) is 0 Å². The Morgan fingerprint density at radius 2 is 1.93 bits per heavy atom. The molecule has 2 amide bonds. The van der Waals surface area contributed by atoms with Gasteiger partial charge in [-0.25, -0.2) is 0 Å². The molecule has 0 spiro atoms. The summed E-state index contributed by atoms with van der Waals surface area (Å²) in [5.41, 5.74) is 0. The van der Waals surface area contributed by atoms with E-state index in [4.69, 9.17) is 0 Å². The second-order valence-electron chi connectivity index (χ2n) is 9.57. The van der Waals surface area contributed by atoms with E-state index in [0.717, 1.165) is 32.5 Å². The largest absolute Gasteiger partial charge is 0.353 e. The van der Waals surface area contributed by atoms with Crippen molar-refractivity contribution in [3.63, 3.8) is 0 Å². The summed E-state index contributed by atoms with van der Waals surface area (Å²) >= 11 is 0. The van der Waals surface area contributed by atoms with E-state index in [0.29, 0.717) is 31.3 Å². The summed E-state index contributed by atoms with van der Waals surface area (Å²) in [7, 11) is 1.20. The smallest absolute Gasteiger partial charge is 0.239 e. The SMILES string of the molecule is CC(C)C(CCNCCNC(=O)CN1CCCC1=O)CN(C)C[Si](C)(C)C. The number of carbonyl (C=O) groups excluding carboxylic acids is 2. The fraction of sp³-hybridized carbons (Fsp3) is 0.900. The third-order valence-corrected chi connectivity index (χ3v) is 6.54. The Labute approximate surface area is 167 Å². The van der Waals surface area contributed by atoms with Crippen molar-refractivity contribution in [1.29, 1.82) is 0 Å². The van der Waals surface area contributed by atoms with E-state index in [-0.39, 0.29) is 18.4 Å². The second-order valence-corrected chi connectivity index (χ2v) is 15.0. The molecule has 1 heterocycles. The molecule has 7 heteroatoms. The van der Waals surface area contributed by atoms with Crippen LogP contribution in [0.15, 0.2) is 0 Å². The van der Waals surface area contributed by atoms with E-state index >= 15 is 0 Å². The normalized spacial score (nSPS) is 16.4. The lowest BCUT2D eigenvalue weighted by Crippen LogP contribution is -2.42. The first-order chi connectivity index (χ1) is 12.6. The highest BCUT2D eigenvalue weighted by atomic mass is 28.3. The Hall–Kier alpha value is -0.923. The maximum absolute atomic E-state index is 11.9. The van der Waals surface area contributed by atoms with Crippen molar-refractivity contribution in [1.82, 2.24) is 20.4 Å². The van der Waals surface area contributed by atoms with Gasteiger partial charge < -0.3 is 20.4 Å². The summed E-state index contributed by atoms with van der Waals surface area (Å²) in [6, 6.07) is 0. The minimum absolute atomic E-state index is 0.0555. The van der Waals surface area contributed by atoms with E-state index in [1.54, 1.807) is 4.90 Å². The second kappa shape index (κ2) is 11.8. The van der Waals surface area contributed by atoms with Gasteiger partial charge >= 0.3 is 0 Å². The summed E-state index contributed by atoms with van der Waals surface area (Å²) < 4.78 is 0. The zero-order valence-corrected chi connectivity index (χ0v) is 19.4. The molecule has 0 aromatic carbocycles. The zero-order chi connectivity index (χ0) is 20.4. The maximum atomic E-state index is 11.9. The molecule has 0 bridgehead atoms. The Kier molecular flexibility index (Phi) is 10.6. The standard InChI is InChI=1S/C20H42N4O2Si/c1-17(2)18(14-23(3)16-27(4,5)6)9-10-21-11-12-22-19(25)15-24-13-7-8-20(24)26/h17-18,21H,7-16H2,1-6H3,(H,22,25). The van der Waals surface area contributed by atoms with Crippen molar-refractivity contribution < 1.29 is 9.59 Å². The molecule has 158 valence electrons. The molecule has 0 aromatic heterocycles. The Balaban J connectivity index is 2.15. The summed E-state index contributed by atoms with van der Waals surface area (Å²) in [6.07, 6.45) is 3.86. The van der Waals surface area contributed by atoms with E-state index in [9.17, 15) is 9.59 Å². The average molecular weight is 399 g/mol. The average Bonchev–Trinajstić information content (AvgIpc) is 2.92. The Morgan fingerprint density at radius 1 is 1.22 bits per heavy atom. The van der Waals surface area contributed by atoms with Gasteiger partial charge in [0.2, 0.25) is 11.8 Å². The lowest BCUT2D eigenvalue weighted by Gasteiger charge is -2.30. The summed E-state index contributed by atoms with van der Waals surface area (Å²) in [4.78, 5) is 27.6. The number of nitrogens with one attached hydrogen (secondary N) is 2. The van der Waals surface area contributed by atoms with E-state index in [2.05, 4.69) is 56.1 Å². The lowest BCUT2D eigenvalue weighted by atomic mass is 9.92. The van der Waals surface area contributed by atoms with Crippen LogP contribution in [0.5, 0.6) is 0 Å². The Bertz CT molecular complexity index is 465. The molecular weight excluding hydrogens is 356 g/mol. The Morgan fingerprint density at radius 3 is 2.48 bits per heavy atom. The minimum Gasteiger partial charge on any atom is -0.353 e. The number of rotatable bonds is 13. The molecule has 0 saturated carbocycles. The van der Waals surface area contributed by atoms with Crippen molar-refractivity contribution >= 4 is 19.9 Å². The highest BCUT2D eigenvalue weighted by Gasteiger charge is 2.22. The summed E-state index contributed by atoms with van der Waals surface area (Å²) in [6.45, 7) is 16.3. The number of hydrogen-bond donors (Lipinski definition) is 2. The number of amides is 2. The third-order valence-electron chi connectivity index (χ3n) is 5.05. The fourth-order valence-corrected chi connectivity index (χ4v) is 5.46. The predicted octanol–water partition coefficient (Wildman–Crippen LogP) is 1.79. The minimum atomic E-state index is -1.05. The number of hydrogen-bond acceptors (Lipinski definition) is 4. The first-order valence-corrected chi connectivity index (χ1v) is 14.2. The molecule has 1 unspecified atom stereocenters. The van der Waals surface area contributed by atoms with Crippen LogP contribution in [0.25, 0.3) is 0 Å². The summed E-state index contributed by atoms with van der Waals surface area (Å²) in [5, 5.41) is 6.34. The van der Waals surface area contributed by atoms with Crippen LogP contribution in [0, 0.1) is 11.8 Å². The molecule has 6 nitrogen and oxygen atoms in total. The first kappa shape index (κ1) is 24.1. The molecule has 1 rings (SSSR count). The zero-order valence-electron chi connectivity index (χ0n) is 18.4. The topological polar surface area (TPSA) is 64.7 Å². The quantitative estimate of drug-likeness (QED) is 0.367. The molecule has 0 aromatic rings. The van der Waals surface area contributed by atoms with Gasteiger partial charge in [0.05, 0.1) is 14.6 Å². The molecule has 1 saturated heterocycles. The van der Waals surface area contributed by atoms with Gasteiger partial charge in [0, 0.05) is 32.6 Å². The van der Waals surface area contributed by atoms with Gasteiger partial charge in [0.1, 0.15) is 0 Å². The van der Waals surface area contributed by atoms with Gasteiger partial charge in [-0.1, -0.05) is 33.5 Å². The number of likely N-dealkylation sites (tertiary alicyclic amines) is 1. The van der Waals surface area contributed by atoms with Crippen LogP contribution in [0.3, 0.4) is 0 Å². The van der Waals surface area contributed by atoms with Gasteiger partial charge in [-0.3, -0.25) is 9.59 Å². The van der Waals surface area contributed by atoms with Crippen molar-refractivity contribution in [3.8, 4) is 0 Å². The molecule has 0 radical (unpaired) electrons. The van der Waals surface area contributed by atoms with E-state index in [1.807, 2.05) is 0 Å². The van der Waals surface area contributed by atoms with Crippen LogP contribution in [-0.2, 0) is 9.59 Å². The predicted molar refractivity (Wildman–Crippen MR) is 115 cm³/mol. The molecular formula is C20H42N4O2Si. The first-order valence-electron chi connectivity index (χ1n) is 10.5. The van der Waals surface area contributed by atoms with Crippen molar-refractivity contribution in [2.45, 2.75) is 52.8 Å². The van der Waals surface area contributed by atoms with Crippen LogP contribution in [-0.4, -0.2) is 82.2 Å².